The van der Waals surface area contributed by atoms with Gasteiger partial charge in [-0.1, -0.05) is 121 Å². The standard InChI is InChI=1S/C35H57N2.HI/c1-4-7-8-9-10-11-12-13-14-15-16-17-18-19-20-21-30-36-31-28-34(29-32-36)23-22-33-24-26-35(27-25-33)37(5-2)6-3;/h22-29,31-32H,4-21,30H2,1-3H3;1H/q+1;/p-1. The Morgan fingerprint density at radius 3 is 1.34 bits per heavy atom. The molecule has 0 aliphatic heterocycles. The molecule has 0 atom stereocenters. The highest BCUT2D eigenvalue weighted by Crippen LogP contribution is 2.17. The molecule has 0 saturated heterocycles. The van der Waals surface area contributed by atoms with Crippen LogP contribution in [-0.4, -0.2) is 13.1 Å². The van der Waals surface area contributed by atoms with Gasteiger partial charge in [-0.2, -0.15) is 0 Å². The van der Waals surface area contributed by atoms with Gasteiger partial charge in [-0.05, 0) is 43.5 Å². The van der Waals surface area contributed by atoms with Crippen LogP contribution in [0.2, 0.25) is 0 Å². The van der Waals surface area contributed by atoms with Gasteiger partial charge in [-0.15, -0.1) is 0 Å². The van der Waals surface area contributed by atoms with Crippen LogP contribution in [-0.2, 0) is 6.54 Å². The number of hydrogen-bond acceptors (Lipinski definition) is 1. The monoisotopic (exact) mass is 632 g/mol. The average molecular weight is 633 g/mol. The molecule has 0 radical (unpaired) electrons. The Labute approximate surface area is 253 Å². The van der Waals surface area contributed by atoms with Gasteiger partial charge in [0.25, 0.3) is 0 Å². The van der Waals surface area contributed by atoms with Gasteiger partial charge < -0.3 is 28.9 Å². The zero-order valence-corrected chi connectivity index (χ0v) is 27.1. The summed E-state index contributed by atoms with van der Waals surface area (Å²) in [6, 6.07) is 13.3. The lowest BCUT2D eigenvalue weighted by molar-refractivity contribution is -0.697. The van der Waals surface area contributed by atoms with E-state index in [2.05, 4.69) is 91.2 Å². The van der Waals surface area contributed by atoms with Crippen LogP contribution in [0.5, 0.6) is 0 Å². The van der Waals surface area contributed by atoms with Crippen LogP contribution in [0.1, 0.15) is 135 Å². The second kappa shape index (κ2) is 23.5. The predicted molar refractivity (Wildman–Crippen MR) is 165 cm³/mol. The van der Waals surface area contributed by atoms with Crippen LogP contribution < -0.4 is 33.4 Å². The summed E-state index contributed by atoms with van der Waals surface area (Å²) in [5.41, 5.74) is 3.81. The zero-order valence-electron chi connectivity index (χ0n) is 25.0. The lowest BCUT2D eigenvalue weighted by Crippen LogP contribution is -3.00. The molecule has 0 spiro atoms. The van der Waals surface area contributed by atoms with E-state index in [1.807, 2.05) is 0 Å². The van der Waals surface area contributed by atoms with Crippen molar-refractivity contribution in [1.82, 2.24) is 0 Å². The van der Waals surface area contributed by atoms with Crippen molar-refractivity contribution in [3.8, 4) is 0 Å². The number of benzene rings is 1. The van der Waals surface area contributed by atoms with E-state index in [1.165, 1.54) is 120 Å². The first-order chi connectivity index (χ1) is 18.3. The minimum atomic E-state index is 0. The van der Waals surface area contributed by atoms with E-state index in [9.17, 15) is 0 Å². The topological polar surface area (TPSA) is 7.12 Å². The summed E-state index contributed by atoms with van der Waals surface area (Å²) in [7, 11) is 0. The lowest BCUT2D eigenvalue weighted by Gasteiger charge is -2.20. The first-order valence-electron chi connectivity index (χ1n) is 15.8. The third kappa shape index (κ3) is 15.9. The highest BCUT2D eigenvalue weighted by Gasteiger charge is 2.02. The van der Waals surface area contributed by atoms with Gasteiger partial charge in [-0.3, -0.25) is 0 Å². The van der Waals surface area contributed by atoms with Crippen LogP contribution in [0.25, 0.3) is 12.2 Å². The lowest BCUT2D eigenvalue weighted by atomic mass is 10.0. The number of halogens is 1. The SMILES string of the molecule is CCCCCCCCCCCCCCCCCC[n+]1ccc(/C=C/c2ccc(N(CC)CC)cc2)cc1.[I-]. The fourth-order valence-electron chi connectivity index (χ4n) is 5.15. The van der Waals surface area contributed by atoms with Crippen molar-refractivity contribution < 1.29 is 28.5 Å². The van der Waals surface area contributed by atoms with Gasteiger partial charge in [0, 0.05) is 37.3 Å². The van der Waals surface area contributed by atoms with E-state index in [1.54, 1.807) is 0 Å². The number of nitrogens with zero attached hydrogens (tertiary/aromatic N) is 2. The molecule has 2 nitrogen and oxygen atoms in total. The number of aromatic nitrogens is 1. The van der Waals surface area contributed by atoms with Crippen LogP contribution in [0.4, 0.5) is 5.69 Å². The zero-order chi connectivity index (χ0) is 26.4. The molecule has 0 fully saturated rings. The molecule has 0 aliphatic rings. The van der Waals surface area contributed by atoms with Crippen LogP contribution in [0.15, 0.2) is 48.8 Å². The molecule has 0 N–H and O–H groups in total. The molecule has 1 heterocycles. The molecule has 1 aromatic heterocycles. The Bertz CT molecular complexity index is 809. The molecule has 3 heteroatoms. The van der Waals surface area contributed by atoms with E-state index in [-0.39, 0.29) is 24.0 Å². The third-order valence-corrected chi connectivity index (χ3v) is 7.68. The van der Waals surface area contributed by atoms with E-state index < -0.39 is 0 Å². The van der Waals surface area contributed by atoms with Gasteiger partial charge in [0.2, 0.25) is 0 Å². The Kier molecular flexibility index (Phi) is 21.5. The summed E-state index contributed by atoms with van der Waals surface area (Å²) in [6.45, 7) is 9.95. The number of pyridine rings is 1. The normalized spacial score (nSPS) is 11.1. The minimum Gasteiger partial charge on any atom is -1.00 e. The van der Waals surface area contributed by atoms with Gasteiger partial charge in [-0.25, -0.2) is 4.57 Å². The number of hydrogen-bond donors (Lipinski definition) is 0. The van der Waals surface area contributed by atoms with Crippen molar-refractivity contribution >= 4 is 17.8 Å². The Hall–Kier alpha value is -1.36. The second-order valence-electron chi connectivity index (χ2n) is 10.8. The smallest absolute Gasteiger partial charge is 0.169 e. The molecule has 0 saturated carbocycles. The van der Waals surface area contributed by atoms with Crippen LogP contribution >= 0.6 is 0 Å². The Morgan fingerprint density at radius 1 is 0.526 bits per heavy atom. The summed E-state index contributed by atoms with van der Waals surface area (Å²) in [4.78, 5) is 2.38. The first kappa shape index (κ1) is 34.7. The summed E-state index contributed by atoms with van der Waals surface area (Å²) >= 11 is 0. The van der Waals surface area contributed by atoms with Crippen molar-refractivity contribution in [1.29, 1.82) is 0 Å². The van der Waals surface area contributed by atoms with E-state index in [0.29, 0.717) is 0 Å². The maximum atomic E-state index is 2.38. The number of unbranched alkanes of at least 4 members (excludes halogenated alkanes) is 15. The number of rotatable bonds is 22. The second-order valence-corrected chi connectivity index (χ2v) is 10.8. The molecule has 1 aromatic carbocycles. The third-order valence-electron chi connectivity index (χ3n) is 7.68. The van der Waals surface area contributed by atoms with Crippen molar-refractivity contribution in [3.05, 3.63) is 59.9 Å². The fourth-order valence-corrected chi connectivity index (χ4v) is 5.15. The largest absolute Gasteiger partial charge is 1.00 e. The number of anilines is 1. The van der Waals surface area contributed by atoms with E-state index in [4.69, 9.17) is 0 Å². The molecular formula is C35H57IN2. The molecule has 0 bridgehead atoms. The molecule has 214 valence electrons. The van der Waals surface area contributed by atoms with Gasteiger partial charge in [0.05, 0.1) is 0 Å². The van der Waals surface area contributed by atoms with E-state index >= 15 is 0 Å². The molecule has 0 aliphatic carbocycles. The maximum Gasteiger partial charge on any atom is 0.169 e. The number of aryl methyl sites for hydroxylation is 1. The minimum absolute atomic E-state index is 0. The van der Waals surface area contributed by atoms with Crippen LogP contribution in [0.3, 0.4) is 0 Å². The summed E-state index contributed by atoms with van der Waals surface area (Å²) < 4.78 is 2.33. The molecule has 2 aromatic rings. The van der Waals surface area contributed by atoms with Crippen LogP contribution in [0, 0.1) is 0 Å². The average Bonchev–Trinajstić information content (AvgIpc) is 2.93. The quantitative estimate of drug-likeness (QED) is 0.0754. The van der Waals surface area contributed by atoms with Gasteiger partial charge in [0.15, 0.2) is 12.4 Å². The van der Waals surface area contributed by atoms with Gasteiger partial charge in [0.1, 0.15) is 6.54 Å². The predicted octanol–water partition coefficient (Wildman–Crippen LogP) is 7.26. The van der Waals surface area contributed by atoms with Crippen molar-refractivity contribution in [2.45, 2.75) is 130 Å². The van der Waals surface area contributed by atoms with Gasteiger partial charge >= 0.3 is 0 Å². The highest BCUT2D eigenvalue weighted by atomic mass is 127. The summed E-state index contributed by atoms with van der Waals surface area (Å²) in [6.07, 6.45) is 31.7. The maximum absolute atomic E-state index is 2.38. The summed E-state index contributed by atoms with van der Waals surface area (Å²) in [5, 5.41) is 0. The highest BCUT2D eigenvalue weighted by molar-refractivity contribution is 5.70. The van der Waals surface area contributed by atoms with Crippen molar-refractivity contribution in [2.24, 2.45) is 0 Å². The molecule has 0 unspecified atom stereocenters. The molecule has 38 heavy (non-hydrogen) atoms. The fraction of sp³-hybridized carbons (Fsp3) is 0.629. The molecule has 0 amide bonds. The van der Waals surface area contributed by atoms with Crippen molar-refractivity contribution in [2.75, 3.05) is 18.0 Å². The summed E-state index contributed by atoms with van der Waals surface area (Å²) in [5.74, 6) is 0. The Morgan fingerprint density at radius 2 is 0.921 bits per heavy atom. The van der Waals surface area contributed by atoms with E-state index in [0.717, 1.165) is 19.6 Å². The van der Waals surface area contributed by atoms with Crippen molar-refractivity contribution in [3.63, 3.8) is 0 Å². The Balaban J connectivity index is 0.00000722. The first-order valence-corrected chi connectivity index (χ1v) is 15.8. The molecule has 2 rings (SSSR count). The molecular weight excluding hydrogens is 575 g/mol.